The average Bonchev–Trinajstić information content (AvgIpc) is 2.38. The van der Waals surface area contributed by atoms with Crippen molar-refractivity contribution in [1.82, 2.24) is 5.32 Å². The lowest BCUT2D eigenvalue weighted by molar-refractivity contribution is 0.0901. The summed E-state index contributed by atoms with van der Waals surface area (Å²) in [5.74, 6) is -0.185. The van der Waals surface area contributed by atoms with Crippen LogP contribution in [0.25, 0.3) is 0 Å². The van der Waals surface area contributed by atoms with E-state index in [0.29, 0.717) is 5.56 Å². The van der Waals surface area contributed by atoms with Gasteiger partial charge in [-0.15, -0.1) is 0 Å². The van der Waals surface area contributed by atoms with Gasteiger partial charge in [0.05, 0.1) is 4.90 Å². The van der Waals surface area contributed by atoms with Crippen molar-refractivity contribution in [3.63, 3.8) is 0 Å². The molecular weight excluding hydrogens is 342 g/mol. The quantitative estimate of drug-likeness (QED) is 0.792. The van der Waals surface area contributed by atoms with Crippen LogP contribution < -0.4 is 5.32 Å². The number of carbonyl (C=O) groups excluding carboxylic acids is 1. The molecule has 0 saturated heterocycles. The Labute approximate surface area is 129 Å². The monoisotopic (exact) mass is 361 g/mol. The molecule has 4 nitrogen and oxygen atoms in total. The molecule has 1 aromatic carbocycles. The maximum atomic E-state index is 12.2. The van der Waals surface area contributed by atoms with Gasteiger partial charge in [0.15, 0.2) is 9.84 Å². The van der Waals surface area contributed by atoms with E-state index in [1.165, 1.54) is 24.3 Å². The molecule has 0 aliphatic carbocycles. The Kier molecular flexibility index (Phi) is 5.77. The zero-order chi connectivity index (χ0) is 15.4. The van der Waals surface area contributed by atoms with Gasteiger partial charge in [-0.05, 0) is 44.0 Å². The molecule has 0 spiro atoms. The Bertz CT molecular complexity index is 569. The van der Waals surface area contributed by atoms with Crippen molar-refractivity contribution in [3.05, 3.63) is 29.8 Å². The van der Waals surface area contributed by atoms with E-state index in [4.69, 9.17) is 0 Å². The maximum Gasteiger partial charge on any atom is 0.251 e. The summed E-state index contributed by atoms with van der Waals surface area (Å²) in [5, 5.41) is 3.81. The Balaban J connectivity index is 2.88. The summed E-state index contributed by atoms with van der Waals surface area (Å²) < 4.78 is 22.7. The van der Waals surface area contributed by atoms with Crippen molar-refractivity contribution < 1.29 is 13.2 Å². The summed E-state index contributed by atoms with van der Waals surface area (Å²) in [6.45, 7) is 4.02. The van der Waals surface area contributed by atoms with Crippen molar-refractivity contribution in [2.24, 2.45) is 0 Å². The minimum atomic E-state index is -3.23. The van der Waals surface area contributed by atoms with E-state index in [-0.39, 0.29) is 16.3 Å². The molecule has 0 fully saturated rings. The molecule has 0 aromatic heterocycles. The summed E-state index contributed by atoms with van der Waals surface area (Å²) in [6, 6.07) is 5.99. The molecule has 20 heavy (non-hydrogen) atoms. The second-order valence-electron chi connectivity index (χ2n) is 5.10. The molecule has 1 atom stereocenters. The zero-order valence-corrected chi connectivity index (χ0v) is 14.3. The van der Waals surface area contributed by atoms with Crippen LogP contribution in [0, 0.1) is 0 Å². The third-order valence-electron chi connectivity index (χ3n) is 3.39. The number of hydrogen-bond donors (Lipinski definition) is 1. The average molecular weight is 362 g/mol. The Morgan fingerprint density at radius 3 is 2.25 bits per heavy atom. The lowest BCUT2D eigenvalue weighted by Crippen LogP contribution is -2.45. The highest BCUT2D eigenvalue weighted by Gasteiger charge is 2.24. The summed E-state index contributed by atoms with van der Waals surface area (Å²) in [6.07, 6.45) is 2.80. The van der Waals surface area contributed by atoms with Crippen LogP contribution in [-0.4, -0.2) is 31.4 Å². The fourth-order valence-corrected chi connectivity index (χ4v) is 3.24. The van der Waals surface area contributed by atoms with Gasteiger partial charge in [-0.1, -0.05) is 22.9 Å². The van der Waals surface area contributed by atoms with Crippen molar-refractivity contribution in [3.8, 4) is 0 Å². The molecule has 1 amide bonds. The second kappa shape index (κ2) is 6.72. The fourth-order valence-electron chi connectivity index (χ4n) is 1.74. The Hall–Kier alpha value is -0.880. The van der Waals surface area contributed by atoms with E-state index < -0.39 is 9.84 Å². The topological polar surface area (TPSA) is 63.2 Å². The van der Waals surface area contributed by atoms with E-state index in [0.717, 1.165) is 24.4 Å². The molecule has 0 heterocycles. The van der Waals surface area contributed by atoms with Crippen LogP contribution in [0.5, 0.6) is 0 Å². The minimum Gasteiger partial charge on any atom is -0.347 e. The molecule has 6 heteroatoms. The summed E-state index contributed by atoms with van der Waals surface area (Å²) >= 11 is 3.39. The number of rotatable bonds is 6. The molecule has 0 bridgehead atoms. The maximum absolute atomic E-state index is 12.2. The zero-order valence-electron chi connectivity index (χ0n) is 11.9. The van der Waals surface area contributed by atoms with Crippen LogP contribution in [0.1, 0.15) is 37.0 Å². The standard InChI is InChI=1S/C14H20BrNO3S/c1-4-14(2,9-10-15)16-13(17)11-5-7-12(8-6-11)20(3,18)19/h5-8H,4,9-10H2,1-3H3,(H,16,17). The number of hydrogen-bond acceptors (Lipinski definition) is 3. The number of alkyl halides is 1. The van der Waals surface area contributed by atoms with Gasteiger partial charge in [0.1, 0.15) is 0 Å². The highest BCUT2D eigenvalue weighted by Crippen LogP contribution is 2.17. The van der Waals surface area contributed by atoms with Crippen LogP contribution in [0.15, 0.2) is 29.2 Å². The first-order valence-corrected chi connectivity index (χ1v) is 9.42. The number of nitrogens with one attached hydrogen (secondary N) is 1. The van der Waals surface area contributed by atoms with Gasteiger partial charge in [0.25, 0.3) is 5.91 Å². The summed E-state index contributed by atoms with van der Waals surface area (Å²) in [4.78, 5) is 12.4. The Morgan fingerprint density at radius 2 is 1.85 bits per heavy atom. The van der Waals surface area contributed by atoms with E-state index in [2.05, 4.69) is 21.2 Å². The van der Waals surface area contributed by atoms with Gasteiger partial charge in [0, 0.05) is 22.7 Å². The molecule has 1 N–H and O–H groups in total. The first-order valence-electron chi connectivity index (χ1n) is 6.40. The molecule has 1 aromatic rings. The molecule has 0 aliphatic rings. The molecule has 1 unspecified atom stereocenters. The third-order valence-corrected chi connectivity index (χ3v) is 4.91. The van der Waals surface area contributed by atoms with Gasteiger partial charge in [-0.25, -0.2) is 8.42 Å². The van der Waals surface area contributed by atoms with Gasteiger partial charge >= 0.3 is 0 Å². The van der Waals surface area contributed by atoms with E-state index in [9.17, 15) is 13.2 Å². The highest BCUT2D eigenvalue weighted by atomic mass is 79.9. The van der Waals surface area contributed by atoms with Crippen LogP contribution in [-0.2, 0) is 9.84 Å². The van der Waals surface area contributed by atoms with E-state index in [1.54, 1.807) is 0 Å². The van der Waals surface area contributed by atoms with Crippen LogP contribution >= 0.6 is 15.9 Å². The van der Waals surface area contributed by atoms with Crippen LogP contribution in [0.2, 0.25) is 0 Å². The smallest absolute Gasteiger partial charge is 0.251 e. The van der Waals surface area contributed by atoms with Crippen molar-refractivity contribution in [2.75, 3.05) is 11.6 Å². The van der Waals surface area contributed by atoms with Crippen molar-refractivity contribution >= 4 is 31.7 Å². The summed E-state index contributed by atoms with van der Waals surface area (Å²) in [5.41, 5.74) is 0.197. The second-order valence-corrected chi connectivity index (χ2v) is 7.91. The molecule has 0 saturated carbocycles. The van der Waals surface area contributed by atoms with Crippen LogP contribution in [0.3, 0.4) is 0 Å². The normalized spacial score (nSPS) is 14.6. The SMILES string of the molecule is CCC(C)(CCBr)NC(=O)c1ccc(S(C)(=O)=O)cc1. The minimum absolute atomic E-state index is 0.185. The number of halogens is 1. The number of sulfone groups is 1. The number of amides is 1. The largest absolute Gasteiger partial charge is 0.347 e. The van der Waals surface area contributed by atoms with Gasteiger partial charge in [-0.3, -0.25) is 4.79 Å². The fraction of sp³-hybridized carbons (Fsp3) is 0.500. The first-order chi connectivity index (χ1) is 9.22. The molecule has 112 valence electrons. The van der Waals surface area contributed by atoms with Crippen molar-refractivity contribution in [1.29, 1.82) is 0 Å². The van der Waals surface area contributed by atoms with Gasteiger partial charge in [0.2, 0.25) is 0 Å². The van der Waals surface area contributed by atoms with Gasteiger partial charge < -0.3 is 5.32 Å². The molecule has 0 aliphatic heterocycles. The first kappa shape index (κ1) is 17.2. The number of carbonyl (C=O) groups is 1. The highest BCUT2D eigenvalue weighted by molar-refractivity contribution is 9.09. The molecule has 0 radical (unpaired) electrons. The lowest BCUT2D eigenvalue weighted by atomic mass is 9.95. The Morgan fingerprint density at radius 1 is 1.30 bits per heavy atom. The lowest BCUT2D eigenvalue weighted by Gasteiger charge is -2.29. The summed E-state index contributed by atoms with van der Waals surface area (Å²) in [7, 11) is -3.23. The number of benzene rings is 1. The van der Waals surface area contributed by atoms with E-state index in [1.807, 2.05) is 13.8 Å². The molecule has 1 rings (SSSR count). The predicted octanol–water partition coefficient (Wildman–Crippen LogP) is 2.77. The van der Waals surface area contributed by atoms with Gasteiger partial charge in [-0.2, -0.15) is 0 Å². The molecular formula is C14H20BrNO3S. The predicted molar refractivity (Wildman–Crippen MR) is 84.1 cm³/mol. The third kappa shape index (κ3) is 4.59. The van der Waals surface area contributed by atoms with Crippen molar-refractivity contribution in [2.45, 2.75) is 37.1 Å². The van der Waals surface area contributed by atoms with E-state index >= 15 is 0 Å². The van der Waals surface area contributed by atoms with Crippen LogP contribution in [0.4, 0.5) is 0 Å².